The van der Waals surface area contributed by atoms with Gasteiger partial charge in [0.1, 0.15) is 0 Å². The fourth-order valence-corrected chi connectivity index (χ4v) is 4.86. The van der Waals surface area contributed by atoms with Crippen LogP contribution in [-0.4, -0.2) is 50.2 Å². The van der Waals surface area contributed by atoms with Crippen LogP contribution < -0.4 is 5.32 Å². The molecule has 0 heterocycles. The highest BCUT2D eigenvalue weighted by Gasteiger charge is 2.24. The first-order valence-corrected chi connectivity index (χ1v) is 11.9. The Hall–Kier alpha value is -2.22. The first kappa shape index (κ1) is 22.5. The van der Waals surface area contributed by atoms with Gasteiger partial charge in [0.05, 0.1) is 11.4 Å². The molecular formula is C23H31N3O3S. The molecule has 0 saturated heterocycles. The number of hydrogen-bond acceptors (Lipinski definition) is 4. The molecular weight excluding hydrogens is 398 g/mol. The molecule has 0 aromatic heterocycles. The van der Waals surface area contributed by atoms with E-state index in [0.29, 0.717) is 11.7 Å². The van der Waals surface area contributed by atoms with Gasteiger partial charge in [-0.25, -0.2) is 12.7 Å². The van der Waals surface area contributed by atoms with Crippen LogP contribution in [0.5, 0.6) is 0 Å². The molecule has 1 aliphatic rings. The smallest absolute Gasteiger partial charge is 0.242 e. The van der Waals surface area contributed by atoms with Crippen molar-refractivity contribution in [2.24, 2.45) is 0 Å². The number of sulfonamides is 1. The van der Waals surface area contributed by atoms with Crippen molar-refractivity contribution in [3.8, 4) is 0 Å². The summed E-state index contributed by atoms with van der Waals surface area (Å²) in [5.74, 6) is -0.129. The molecule has 1 aliphatic carbocycles. The summed E-state index contributed by atoms with van der Waals surface area (Å²) in [5.41, 5.74) is 1.68. The predicted octanol–water partition coefficient (Wildman–Crippen LogP) is 3.71. The quantitative estimate of drug-likeness (QED) is 0.695. The molecule has 0 unspecified atom stereocenters. The monoisotopic (exact) mass is 429 g/mol. The van der Waals surface area contributed by atoms with Crippen LogP contribution in [0, 0.1) is 0 Å². The third kappa shape index (κ3) is 5.90. The lowest BCUT2D eigenvalue weighted by Gasteiger charge is -2.34. The predicted molar refractivity (Wildman–Crippen MR) is 120 cm³/mol. The van der Waals surface area contributed by atoms with E-state index in [1.165, 1.54) is 55.4 Å². The summed E-state index contributed by atoms with van der Waals surface area (Å²) in [6.07, 6.45) is 5.87. The van der Waals surface area contributed by atoms with E-state index < -0.39 is 10.0 Å². The standard InChI is InChI=1S/C23H31N3O3S/c1-25(2)30(28,29)22-15-9-12-20(16-22)24-23(27)18-26(21-13-7-4-8-14-21)17-19-10-5-3-6-11-19/h3,5-6,9-12,15-16,21H,4,7-8,13-14,17-18H2,1-2H3,(H,24,27). The molecule has 6 nitrogen and oxygen atoms in total. The molecule has 0 radical (unpaired) electrons. The van der Waals surface area contributed by atoms with Crippen molar-refractivity contribution in [3.63, 3.8) is 0 Å². The Morgan fingerprint density at radius 2 is 1.70 bits per heavy atom. The molecule has 0 aliphatic heterocycles. The summed E-state index contributed by atoms with van der Waals surface area (Å²) in [6, 6.07) is 17.0. The first-order valence-electron chi connectivity index (χ1n) is 10.5. The van der Waals surface area contributed by atoms with Gasteiger partial charge in [0.15, 0.2) is 0 Å². The largest absolute Gasteiger partial charge is 0.325 e. The van der Waals surface area contributed by atoms with Crippen LogP contribution in [-0.2, 0) is 21.4 Å². The van der Waals surface area contributed by atoms with Gasteiger partial charge in [0, 0.05) is 32.4 Å². The zero-order valence-electron chi connectivity index (χ0n) is 17.8. The molecule has 1 amide bonds. The Labute approximate surface area is 179 Å². The van der Waals surface area contributed by atoms with E-state index in [1.807, 2.05) is 18.2 Å². The number of benzene rings is 2. The topological polar surface area (TPSA) is 69.7 Å². The summed E-state index contributed by atoms with van der Waals surface area (Å²) in [4.78, 5) is 15.3. The van der Waals surface area contributed by atoms with Gasteiger partial charge in [-0.3, -0.25) is 9.69 Å². The van der Waals surface area contributed by atoms with Crippen molar-refractivity contribution < 1.29 is 13.2 Å². The summed E-state index contributed by atoms with van der Waals surface area (Å²) >= 11 is 0. The van der Waals surface area contributed by atoms with Crippen molar-refractivity contribution >= 4 is 21.6 Å². The lowest BCUT2D eigenvalue weighted by molar-refractivity contribution is -0.118. The van der Waals surface area contributed by atoms with Gasteiger partial charge >= 0.3 is 0 Å². The second kappa shape index (κ2) is 10.2. The minimum Gasteiger partial charge on any atom is -0.325 e. The molecule has 0 spiro atoms. The Kier molecular flexibility index (Phi) is 7.64. The average Bonchev–Trinajstić information content (AvgIpc) is 2.74. The number of amides is 1. The number of nitrogens with one attached hydrogen (secondary N) is 1. The molecule has 0 atom stereocenters. The van der Waals surface area contributed by atoms with Crippen molar-refractivity contribution in [2.45, 2.75) is 49.6 Å². The molecule has 3 rings (SSSR count). The van der Waals surface area contributed by atoms with Crippen LogP contribution in [0.4, 0.5) is 5.69 Å². The molecule has 1 fully saturated rings. The minimum absolute atomic E-state index is 0.129. The second-order valence-electron chi connectivity index (χ2n) is 8.05. The van der Waals surface area contributed by atoms with Crippen LogP contribution in [0.1, 0.15) is 37.7 Å². The van der Waals surface area contributed by atoms with Crippen LogP contribution in [0.25, 0.3) is 0 Å². The Morgan fingerprint density at radius 3 is 2.37 bits per heavy atom. The summed E-state index contributed by atoms with van der Waals surface area (Å²) in [5, 5.41) is 2.89. The zero-order valence-corrected chi connectivity index (χ0v) is 18.6. The van der Waals surface area contributed by atoms with Crippen LogP contribution in [0.15, 0.2) is 59.5 Å². The maximum absolute atomic E-state index is 12.8. The first-order chi connectivity index (χ1) is 14.4. The van der Waals surface area contributed by atoms with E-state index in [-0.39, 0.29) is 17.3 Å². The lowest BCUT2D eigenvalue weighted by Crippen LogP contribution is -2.41. The Balaban J connectivity index is 1.71. The molecule has 7 heteroatoms. The van der Waals surface area contributed by atoms with Gasteiger partial charge in [-0.1, -0.05) is 55.7 Å². The molecule has 0 bridgehead atoms. The maximum Gasteiger partial charge on any atom is 0.242 e. The van der Waals surface area contributed by atoms with Crippen molar-refractivity contribution in [1.82, 2.24) is 9.21 Å². The van der Waals surface area contributed by atoms with Crippen LogP contribution >= 0.6 is 0 Å². The van der Waals surface area contributed by atoms with Crippen molar-refractivity contribution in [2.75, 3.05) is 26.0 Å². The van der Waals surface area contributed by atoms with Crippen LogP contribution in [0.2, 0.25) is 0 Å². The number of carbonyl (C=O) groups is 1. The number of hydrogen-bond donors (Lipinski definition) is 1. The van der Waals surface area contributed by atoms with E-state index in [9.17, 15) is 13.2 Å². The molecule has 1 N–H and O–H groups in total. The van der Waals surface area contributed by atoms with Crippen molar-refractivity contribution in [3.05, 3.63) is 60.2 Å². The van der Waals surface area contributed by atoms with Gasteiger partial charge < -0.3 is 5.32 Å². The highest BCUT2D eigenvalue weighted by Crippen LogP contribution is 2.24. The lowest BCUT2D eigenvalue weighted by atomic mass is 9.93. The fourth-order valence-electron chi connectivity index (χ4n) is 3.91. The zero-order chi connectivity index (χ0) is 21.6. The molecule has 2 aromatic rings. The number of anilines is 1. The average molecular weight is 430 g/mol. The maximum atomic E-state index is 12.8. The Morgan fingerprint density at radius 1 is 1.00 bits per heavy atom. The van der Waals surface area contributed by atoms with Gasteiger partial charge in [0.2, 0.25) is 15.9 Å². The van der Waals surface area contributed by atoms with Gasteiger partial charge in [0.25, 0.3) is 0 Å². The van der Waals surface area contributed by atoms with Crippen LogP contribution in [0.3, 0.4) is 0 Å². The third-order valence-electron chi connectivity index (χ3n) is 5.56. The fraction of sp³-hybridized carbons (Fsp3) is 0.435. The molecule has 1 saturated carbocycles. The van der Waals surface area contributed by atoms with E-state index in [2.05, 4.69) is 22.3 Å². The Bertz CT molecular complexity index is 939. The van der Waals surface area contributed by atoms with E-state index >= 15 is 0 Å². The SMILES string of the molecule is CN(C)S(=O)(=O)c1cccc(NC(=O)CN(Cc2ccccc2)C2CCCCC2)c1. The van der Waals surface area contributed by atoms with Gasteiger partial charge in [-0.05, 0) is 36.6 Å². The molecule has 2 aromatic carbocycles. The number of carbonyl (C=O) groups excluding carboxylic acids is 1. The van der Waals surface area contributed by atoms with Crippen molar-refractivity contribution in [1.29, 1.82) is 0 Å². The van der Waals surface area contributed by atoms with Gasteiger partial charge in [-0.15, -0.1) is 0 Å². The number of rotatable bonds is 8. The van der Waals surface area contributed by atoms with E-state index in [1.54, 1.807) is 12.1 Å². The van der Waals surface area contributed by atoms with E-state index in [0.717, 1.165) is 19.4 Å². The highest BCUT2D eigenvalue weighted by molar-refractivity contribution is 7.89. The minimum atomic E-state index is -3.54. The number of nitrogens with zero attached hydrogens (tertiary/aromatic N) is 2. The van der Waals surface area contributed by atoms with Gasteiger partial charge in [-0.2, -0.15) is 0 Å². The van der Waals surface area contributed by atoms with E-state index in [4.69, 9.17) is 0 Å². The molecule has 30 heavy (non-hydrogen) atoms. The third-order valence-corrected chi connectivity index (χ3v) is 7.37. The second-order valence-corrected chi connectivity index (χ2v) is 10.2. The highest BCUT2D eigenvalue weighted by atomic mass is 32.2. The normalized spacial score (nSPS) is 15.5. The summed E-state index contributed by atoms with van der Waals surface area (Å²) in [7, 11) is -0.560. The summed E-state index contributed by atoms with van der Waals surface area (Å²) in [6.45, 7) is 1.01. The summed E-state index contributed by atoms with van der Waals surface area (Å²) < 4.78 is 25.9. The molecule has 162 valence electrons.